The van der Waals surface area contributed by atoms with Crippen molar-refractivity contribution >= 4 is 23.6 Å². The molecule has 0 unspecified atom stereocenters. The number of benzene rings is 1. The van der Waals surface area contributed by atoms with E-state index in [4.69, 9.17) is 4.74 Å². The first-order chi connectivity index (χ1) is 14.0. The molecule has 30 heavy (non-hydrogen) atoms. The Morgan fingerprint density at radius 1 is 1.07 bits per heavy atom. The summed E-state index contributed by atoms with van der Waals surface area (Å²) in [6.45, 7) is 11.8. The van der Waals surface area contributed by atoms with Crippen molar-refractivity contribution in [1.82, 2.24) is 10.6 Å². The van der Waals surface area contributed by atoms with E-state index in [-0.39, 0.29) is 11.8 Å². The number of amides is 3. The molecule has 1 rings (SSSR count). The average molecular weight is 420 g/mol. The molecule has 3 amide bonds. The molecule has 7 nitrogen and oxygen atoms in total. The second kappa shape index (κ2) is 12.2. The van der Waals surface area contributed by atoms with Crippen LogP contribution in [0.2, 0.25) is 0 Å². The van der Waals surface area contributed by atoms with Gasteiger partial charge in [0, 0.05) is 18.7 Å². The van der Waals surface area contributed by atoms with Crippen LogP contribution in [0.15, 0.2) is 24.3 Å². The number of alkyl carbamates (subject to hydrolysis) is 1. The highest BCUT2D eigenvalue weighted by atomic mass is 16.6. The average Bonchev–Trinajstić information content (AvgIpc) is 2.61. The van der Waals surface area contributed by atoms with E-state index >= 15 is 0 Å². The molecule has 0 aliphatic heterocycles. The number of ether oxygens (including phenoxy) is 1. The molecule has 3 N–H and O–H groups in total. The molecule has 1 aromatic carbocycles. The third-order valence-corrected chi connectivity index (χ3v) is 4.30. The van der Waals surface area contributed by atoms with Gasteiger partial charge in [-0.1, -0.05) is 32.0 Å². The molecule has 7 heteroatoms. The number of rotatable bonds is 10. The van der Waals surface area contributed by atoms with Crippen LogP contribution in [-0.2, 0) is 20.7 Å². The first kappa shape index (κ1) is 25.5. The number of hydrogen-bond acceptors (Lipinski definition) is 4. The zero-order valence-electron chi connectivity index (χ0n) is 19.1. The Balaban J connectivity index is 2.53. The fourth-order valence-electron chi connectivity index (χ4n) is 2.68. The van der Waals surface area contributed by atoms with Gasteiger partial charge in [-0.25, -0.2) is 4.79 Å². The summed E-state index contributed by atoms with van der Waals surface area (Å²) in [6, 6.07) is 6.73. The number of hydrogen-bond donors (Lipinski definition) is 3. The van der Waals surface area contributed by atoms with Crippen molar-refractivity contribution in [3.05, 3.63) is 29.8 Å². The number of nitrogens with one attached hydrogen (secondary N) is 3. The van der Waals surface area contributed by atoms with Crippen LogP contribution in [0.3, 0.4) is 0 Å². The normalized spacial score (nSPS) is 12.2. The number of aryl methyl sites for hydroxylation is 1. The van der Waals surface area contributed by atoms with Crippen molar-refractivity contribution in [1.29, 1.82) is 0 Å². The topological polar surface area (TPSA) is 96.5 Å². The van der Waals surface area contributed by atoms with Crippen LogP contribution < -0.4 is 16.0 Å². The highest BCUT2D eigenvalue weighted by molar-refractivity contribution is 5.96. The zero-order valence-corrected chi connectivity index (χ0v) is 19.1. The van der Waals surface area contributed by atoms with E-state index in [1.54, 1.807) is 27.7 Å². The molecule has 1 atom stereocenters. The van der Waals surface area contributed by atoms with Gasteiger partial charge in [0.15, 0.2) is 0 Å². The van der Waals surface area contributed by atoms with Crippen molar-refractivity contribution in [2.45, 2.75) is 78.9 Å². The van der Waals surface area contributed by atoms with Crippen LogP contribution >= 0.6 is 0 Å². The van der Waals surface area contributed by atoms with Gasteiger partial charge in [-0.3, -0.25) is 9.59 Å². The van der Waals surface area contributed by atoms with Gasteiger partial charge in [-0.05, 0) is 64.5 Å². The molecule has 168 valence electrons. The molecule has 0 bridgehead atoms. The number of carbonyl (C=O) groups excluding carboxylic acids is 3. The molecule has 0 aliphatic rings. The van der Waals surface area contributed by atoms with Crippen molar-refractivity contribution in [3.8, 4) is 0 Å². The summed E-state index contributed by atoms with van der Waals surface area (Å²) in [5, 5.41) is 8.32. The molecule has 0 spiro atoms. The van der Waals surface area contributed by atoms with Gasteiger partial charge in [0.05, 0.1) is 0 Å². The molecule has 0 saturated carbocycles. The molecule has 0 aliphatic carbocycles. The highest BCUT2D eigenvalue weighted by Crippen LogP contribution is 2.18. The summed E-state index contributed by atoms with van der Waals surface area (Å²) < 4.78 is 5.18. The molecule has 0 saturated heterocycles. The van der Waals surface area contributed by atoms with E-state index in [1.807, 2.05) is 24.3 Å². The SMILES string of the molecule is CC(C)CCNC(=O)CCCc1ccccc1NC(=O)[C@@H](C)NC(=O)OC(C)(C)C. The summed E-state index contributed by atoms with van der Waals surface area (Å²) in [7, 11) is 0. The maximum absolute atomic E-state index is 12.5. The Bertz CT molecular complexity index is 711. The van der Waals surface area contributed by atoms with Gasteiger partial charge in [-0.15, -0.1) is 0 Å². The molecule has 0 fully saturated rings. The van der Waals surface area contributed by atoms with Crippen LogP contribution in [0.25, 0.3) is 0 Å². The van der Waals surface area contributed by atoms with Crippen LogP contribution in [0.5, 0.6) is 0 Å². The third kappa shape index (κ3) is 10.8. The van der Waals surface area contributed by atoms with Crippen molar-refractivity contribution in [2.75, 3.05) is 11.9 Å². The van der Waals surface area contributed by atoms with Gasteiger partial charge >= 0.3 is 6.09 Å². The van der Waals surface area contributed by atoms with Crippen molar-refractivity contribution in [2.24, 2.45) is 5.92 Å². The summed E-state index contributed by atoms with van der Waals surface area (Å²) in [6.07, 6.45) is 2.13. The summed E-state index contributed by atoms with van der Waals surface area (Å²) in [5.41, 5.74) is 0.999. The summed E-state index contributed by atoms with van der Waals surface area (Å²) in [4.78, 5) is 36.3. The molecule has 0 aromatic heterocycles. The minimum atomic E-state index is -0.750. The molecular weight excluding hydrogens is 382 g/mol. The Labute approximate surface area is 180 Å². The van der Waals surface area contributed by atoms with Crippen LogP contribution in [0, 0.1) is 5.92 Å². The minimum Gasteiger partial charge on any atom is -0.444 e. The Morgan fingerprint density at radius 2 is 1.73 bits per heavy atom. The van der Waals surface area contributed by atoms with E-state index in [2.05, 4.69) is 29.8 Å². The fourth-order valence-corrected chi connectivity index (χ4v) is 2.68. The standard InChI is InChI=1S/C23H37N3O4/c1-16(2)14-15-24-20(27)13-9-11-18-10-7-8-12-19(18)26-21(28)17(3)25-22(29)30-23(4,5)6/h7-8,10,12,16-17H,9,11,13-15H2,1-6H3,(H,24,27)(H,25,29)(H,26,28)/t17-/m1/s1. The first-order valence-electron chi connectivity index (χ1n) is 10.6. The zero-order chi connectivity index (χ0) is 22.7. The van der Waals surface area contributed by atoms with Gasteiger partial charge in [0.2, 0.25) is 11.8 Å². The van der Waals surface area contributed by atoms with E-state index in [0.29, 0.717) is 37.4 Å². The summed E-state index contributed by atoms with van der Waals surface area (Å²) >= 11 is 0. The highest BCUT2D eigenvalue weighted by Gasteiger charge is 2.21. The van der Waals surface area contributed by atoms with E-state index < -0.39 is 17.7 Å². The van der Waals surface area contributed by atoms with Crippen LogP contribution in [-0.4, -0.2) is 36.1 Å². The number of anilines is 1. The molecular formula is C23H37N3O4. The molecule has 0 heterocycles. The van der Waals surface area contributed by atoms with Gasteiger partial charge in [0.25, 0.3) is 0 Å². The quantitative estimate of drug-likeness (QED) is 0.533. The predicted octanol–water partition coefficient (Wildman–Crippen LogP) is 4.02. The Kier molecular flexibility index (Phi) is 10.4. The van der Waals surface area contributed by atoms with Crippen molar-refractivity contribution < 1.29 is 19.1 Å². The Hall–Kier alpha value is -2.57. The third-order valence-electron chi connectivity index (χ3n) is 4.30. The lowest BCUT2D eigenvalue weighted by Crippen LogP contribution is -2.44. The van der Waals surface area contributed by atoms with E-state index in [0.717, 1.165) is 12.0 Å². The van der Waals surface area contributed by atoms with E-state index in [1.165, 1.54) is 0 Å². The second-order valence-electron chi connectivity index (χ2n) is 8.90. The van der Waals surface area contributed by atoms with Crippen LogP contribution in [0.1, 0.15) is 66.4 Å². The van der Waals surface area contributed by atoms with Gasteiger partial charge in [-0.2, -0.15) is 0 Å². The lowest BCUT2D eigenvalue weighted by atomic mass is 10.1. The largest absolute Gasteiger partial charge is 0.444 e. The van der Waals surface area contributed by atoms with Gasteiger partial charge < -0.3 is 20.7 Å². The Morgan fingerprint density at radius 3 is 2.37 bits per heavy atom. The molecule has 1 aromatic rings. The smallest absolute Gasteiger partial charge is 0.408 e. The maximum Gasteiger partial charge on any atom is 0.408 e. The monoisotopic (exact) mass is 419 g/mol. The first-order valence-corrected chi connectivity index (χ1v) is 10.6. The lowest BCUT2D eigenvalue weighted by molar-refractivity contribution is -0.121. The fraction of sp³-hybridized carbons (Fsp3) is 0.609. The second-order valence-corrected chi connectivity index (χ2v) is 8.90. The number of carbonyl (C=O) groups is 3. The van der Waals surface area contributed by atoms with E-state index in [9.17, 15) is 14.4 Å². The van der Waals surface area contributed by atoms with Gasteiger partial charge in [0.1, 0.15) is 11.6 Å². The van der Waals surface area contributed by atoms with Crippen LogP contribution in [0.4, 0.5) is 10.5 Å². The maximum atomic E-state index is 12.5. The minimum absolute atomic E-state index is 0.0485. The summed E-state index contributed by atoms with van der Waals surface area (Å²) in [5.74, 6) is 0.278. The predicted molar refractivity (Wildman–Crippen MR) is 119 cm³/mol. The van der Waals surface area contributed by atoms with Crippen molar-refractivity contribution in [3.63, 3.8) is 0 Å². The molecule has 0 radical (unpaired) electrons. The number of para-hydroxylation sites is 1. The lowest BCUT2D eigenvalue weighted by Gasteiger charge is -2.22.